The third-order valence-electron chi connectivity index (χ3n) is 4.69. The lowest BCUT2D eigenvalue weighted by Gasteiger charge is -2.39. The molecule has 2 heteroatoms. The van der Waals surface area contributed by atoms with E-state index in [9.17, 15) is 0 Å². The third-order valence-corrected chi connectivity index (χ3v) is 4.69. The Bertz CT molecular complexity index is 487. The fourth-order valence-electron chi connectivity index (χ4n) is 3.41. The van der Waals surface area contributed by atoms with E-state index in [-0.39, 0.29) is 5.48 Å². The molecule has 2 aromatic carbocycles. The summed E-state index contributed by atoms with van der Waals surface area (Å²) >= 11 is 0. The van der Waals surface area contributed by atoms with Crippen LogP contribution in [0.25, 0.3) is 0 Å². The van der Waals surface area contributed by atoms with E-state index in [0.29, 0.717) is 0 Å². The zero-order valence-corrected chi connectivity index (χ0v) is 15.3. The molecule has 1 N–H and O–H groups in total. The molecule has 0 heterocycles. The molecule has 0 fully saturated rings. The highest BCUT2D eigenvalue weighted by Gasteiger charge is 2.27. The summed E-state index contributed by atoms with van der Waals surface area (Å²) in [5.74, 6) is 0. The van der Waals surface area contributed by atoms with Crippen LogP contribution in [-0.2, 0) is 13.1 Å². The van der Waals surface area contributed by atoms with E-state index in [2.05, 4.69) is 74.5 Å². The second kappa shape index (κ2) is 11.0. The summed E-state index contributed by atoms with van der Waals surface area (Å²) < 4.78 is 1.19. The lowest BCUT2D eigenvalue weighted by molar-refractivity contribution is -0.954. The first-order valence-corrected chi connectivity index (χ1v) is 9.21. The van der Waals surface area contributed by atoms with E-state index in [0.717, 1.165) is 13.1 Å². The smallest absolute Gasteiger partial charge is 0.105 e. The number of quaternary nitrogens is 1. The first-order chi connectivity index (χ1) is 11.3. The zero-order valence-electron chi connectivity index (χ0n) is 15.3. The predicted octanol–water partition coefficient (Wildman–Crippen LogP) is 5.63. The van der Waals surface area contributed by atoms with Crippen molar-refractivity contribution >= 4 is 0 Å². The van der Waals surface area contributed by atoms with Crippen LogP contribution in [0.3, 0.4) is 0 Å². The highest BCUT2D eigenvalue weighted by atomic mass is 16.0. The van der Waals surface area contributed by atoms with Crippen molar-refractivity contribution in [2.45, 2.75) is 52.6 Å². The van der Waals surface area contributed by atoms with Gasteiger partial charge < -0.3 is 9.96 Å². The normalized spacial score (nSPS) is 11.1. The SMILES string of the molecule is CCCC[N+](CCCC)(Cc1ccccc1)Cc1ccccc1.[OH-]. The average molecular weight is 328 g/mol. The van der Waals surface area contributed by atoms with Crippen LogP contribution in [0, 0.1) is 0 Å². The van der Waals surface area contributed by atoms with E-state index in [1.165, 1.54) is 54.4 Å². The van der Waals surface area contributed by atoms with Crippen molar-refractivity contribution in [2.24, 2.45) is 0 Å². The monoisotopic (exact) mass is 327 g/mol. The Morgan fingerprint density at radius 3 is 1.33 bits per heavy atom. The summed E-state index contributed by atoms with van der Waals surface area (Å²) in [4.78, 5) is 0. The van der Waals surface area contributed by atoms with Gasteiger partial charge in [0.1, 0.15) is 13.1 Å². The van der Waals surface area contributed by atoms with E-state index >= 15 is 0 Å². The van der Waals surface area contributed by atoms with E-state index in [4.69, 9.17) is 0 Å². The summed E-state index contributed by atoms with van der Waals surface area (Å²) in [7, 11) is 0. The van der Waals surface area contributed by atoms with Crippen molar-refractivity contribution in [3.8, 4) is 0 Å². The summed E-state index contributed by atoms with van der Waals surface area (Å²) in [5, 5.41) is 0. The standard InChI is InChI=1S/C22H32N.H2O/c1-3-5-17-23(18-6-4-2,19-21-13-9-7-10-14-21)20-22-15-11-8-12-16-22;/h7-16H,3-6,17-20H2,1-2H3;1H2/q+1;/p-1. The molecule has 2 aromatic rings. The number of benzene rings is 2. The molecule has 0 saturated heterocycles. The van der Waals surface area contributed by atoms with Gasteiger partial charge in [0.2, 0.25) is 0 Å². The maximum Gasteiger partial charge on any atom is 0.105 e. The van der Waals surface area contributed by atoms with Crippen LogP contribution in [0.5, 0.6) is 0 Å². The Kier molecular flexibility index (Phi) is 9.36. The van der Waals surface area contributed by atoms with Crippen LogP contribution >= 0.6 is 0 Å². The molecule has 0 radical (unpaired) electrons. The molecule has 0 spiro atoms. The second-order valence-electron chi connectivity index (χ2n) is 6.78. The Morgan fingerprint density at radius 1 is 0.625 bits per heavy atom. The van der Waals surface area contributed by atoms with Crippen molar-refractivity contribution in [3.63, 3.8) is 0 Å². The fraction of sp³-hybridized carbons (Fsp3) is 0.455. The minimum Gasteiger partial charge on any atom is -0.870 e. The summed E-state index contributed by atoms with van der Waals surface area (Å²) in [6.07, 6.45) is 5.16. The Labute approximate surface area is 148 Å². The Morgan fingerprint density at radius 2 is 1.00 bits per heavy atom. The summed E-state index contributed by atoms with van der Waals surface area (Å²) in [5.41, 5.74) is 2.94. The zero-order chi connectivity index (χ0) is 16.4. The quantitative estimate of drug-likeness (QED) is 0.520. The molecule has 2 rings (SSSR count). The van der Waals surface area contributed by atoms with E-state index in [1.807, 2.05) is 0 Å². The minimum absolute atomic E-state index is 0. The number of rotatable bonds is 10. The molecule has 0 aliphatic carbocycles. The van der Waals surface area contributed by atoms with Gasteiger partial charge in [0.25, 0.3) is 0 Å². The summed E-state index contributed by atoms with van der Waals surface area (Å²) in [6, 6.07) is 22.1. The highest BCUT2D eigenvalue weighted by Crippen LogP contribution is 2.22. The van der Waals surface area contributed by atoms with Gasteiger partial charge in [-0.05, 0) is 12.8 Å². The third kappa shape index (κ3) is 6.46. The van der Waals surface area contributed by atoms with E-state index in [1.54, 1.807) is 0 Å². The van der Waals surface area contributed by atoms with Gasteiger partial charge in [0, 0.05) is 11.1 Å². The number of unbranched alkanes of at least 4 members (excludes halogenated alkanes) is 2. The molecule has 0 aliphatic rings. The van der Waals surface area contributed by atoms with E-state index < -0.39 is 0 Å². The van der Waals surface area contributed by atoms with Crippen molar-refractivity contribution in [2.75, 3.05) is 13.1 Å². The van der Waals surface area contributed by atoms with Crippen LogP contribution in [0.4, 0.5) is 0 Å². The largest absolute Gasteiger partial charge is 0.870 e. The topological polar surface area (TPSA) is 30.0 Å². The van der Waals surface area contributed by atoms with Crippen molar-refractivity contribution in [3.05, 3.63) is 71.8 Å². The second-order valence-corrected chi connectivity index (χ2v) is 6.78. The lowest BCUT2D eigenvalue weighted by Crippen LogP contribution is -2.48. The van der Waals surface area contributed by atoms with Gasteiger partial charge in [0.05, 0.1) is 13.1 Å². The van der Waals surface area contributed by atoms with Gasteiger partial charge in [-0.2, -0.15) is 0 Å². The molecule has 0 aliphatic heterocycles. The first kappa shape index (κ1) is 20.4. The molecule has 24 heavy (non-hydrogen) atoms. The fourth-order valence-corrected chi connectivity index (χ4v) is 3.41. The molecule has 0 atom stereocenters. The van der Waals surface area contributed by atoms with Gasteiger partial charge in [-0.15, -0.1) is 0 Å². The van der Waals surface area contributed by atoms with Gasteiger partial charge in [0.15, 0.2) is 0 Å². The highest BCUT2D eigenvalue weighted by molar-refractivity contribution is 5.15. The van der Waals surface area contributed by atoms with Gasteiger partial charge in [-0.3, -0.25) is 0 Å². The van der Waals surface area contributed by atoms with Crippen LogP contribution < -0.4 is 0 Å². The average Bonchev–Trinajstić information content (AvgIpc) is 2.60. The van der Waals surface area contributed by atoms with Gasteiger partial charge >= 0.3 is 0 Å². The maximum atomic E-state index is 2.31. The van der Waals surface area contributed by atoms with Gasteiger partial charge in [-0.25, -0.2) is 0 Å². The molecular formula is C22H33NO. The number of hydrogen-bond donors (Lipinski definition) is 0. The predicted molar refractivity (Wildman–Crippen MR) is 102 cm³/mol. The number of nitrogens with zero attached hydrogens (tertiary/aromatic N) is 1. The van der Waals surface area contributed by atoms with Gasteiger partial charge in [-0.1, -0.05) is 87.4 Å². The molecule has 0 bridgehead atoms. The molecule has 2 nitrogen and oxygen atoms in total. The van der Waals surface area contributed by atoms with Crippen molar-refractivity contribution < 1.29 is 9.96 Å². The molecular weight excluding hydrogens is 294 g/mol. The van der Waals surface area contributed by atoms with Crippen LogP contribution in [0.15, 0.2) is 60.7 Å². The Hall–Kier alpha value is -1.64. The Balaban J connectivity index is 0.00000288. The molecule has 132 valence electrons. The van der Waals surface area contributed by atoms with Crippen molar-refractivity contribution in [1.29, 1.82) is 0 Å². The number of hydrogen-bond acceptors (Lipinski definition) is 1. The van der Waals surface area contributed by atoms with Crippen LogP contribution in [0.1, 0.15) is 50.7 Å². The van der Waals surface area contributed by atoms with Crippen molar-refractivity contribution in [1.82, 2.24) is 0 Å². The molecule has 0 amide bonds. The molecule has 0 unspecified atom stereocenters. The first-order valence-electron chi connectivity index (χ1n) is 9.21. The molecule has 0 saturated carbocycles. The summed E-state index contributed by atoms with van der Waals surface area (Å²) in [6.45, 7) is 9.46. The minimum atomic E-state index is 0. The lowest BCUT2D eigenvalue weighted by atomic mass is 10.1. The maximum absolute atomic E-state index is 2.31. The molecule has 0 aromatic heterocycles. The van der Waals surface area contributed by atoms with Crippen LogP contribution in [0.2, 0.25) is 0 Å². The van der Waals surface area contributed by atoms with Crippen LogP contribution in [-0.4, -0.2) is 23.0 Å².